The minimum atomic E-state index is -0.190. The molecule has 0 aliphatic carbocycles. The van der Waals surface area contributed by atoms with Crippen molar-refractivity contribution in [3.05, 3.63) is 54.0 Å². The first-order valence-corrected chi connectivity index (χ1v) is 9.33. The fourth-order valence-corrected chi connectivity index (χ4v) is 4.67. The van der Waals surface area contributed by atoms with E-state index in [2.05, 4.69) is 35.0 Å². The van der Waals surface area contributed by atoms with Gasteiger partial charge in [-0.05, 0) is 56.0 Å². The lowest BCUT2D eigenvalue weighted by Gasteiger charge is -2.31. The van der Waals surface area contributed by atoms with Crippen molar-refractivity contribution in [1.29, 1.82) is 0 Å². The van der Waals surface area contributed by atoms with Gasteiger partial charge in [0.1, 0.15) is 5.82 Å². The third-order valence-electron chi connectivity index (χ3n) is 4.70. The normalized spacial score (nSPS) is 15.2. The van der Waals surface area contributed by atoms with E-state index in [1.807, 2.05) is 6.20 Å². The number of anilines is 1. The molecule has 1 aliphatic heterocycles. The molecule has 0 radical (unpaired) electrons. The molecule has 0 spiro atoms. The van der Waals surface area contributed by atoms with E-state index in [9.17, 15) is 4.39 Å². The van der Waals surface area contributed by atoms with Crippen molar-refractivity contribution >= 4 is 28.4 Å². The van der Waals surface area contributed by atoms with Gasteiger partial charge in [-0.1, -0.05) is 23.9 Å². The highest BCUT2D eigenvalue weighted by molar-refractivity contribution is 7.99. The van der Waals surface area contributed by atoms with E-state index in [4.69, 9.17) is 0 Å². The third-order valence-corrected chi connectivity index (χ3v) is 5.81. The largest absolute Gasteiger partial charge is 0.370 e. The van der Waals surface area contributed by atoms with E-state index in [-0.39, 0.29) is 5.82 Å². The number of hydrogen-bond acceptors (Lipinski definition) is 2. The lowest BCUT2D eigenvalue weighted by molar-refractivity contribution is 0.574. The van der Waals surface area contributed by atoms with Crippen LogP contribution in [-0.2, 0) is 0 Å². The molecule has 4 heteroatoms. The number of hydrogen-bond donors (Lipinski definition) is 1. The van der Waals surface area contributed by atoms with Crippen molar-refractivity contribution in [1.82, 2.24) is 4.98 Å². The van der Waals surface area contributed by atoms with Crippen LogP contribution in [0.4, 0.5) is 10.1 Å². The second-order valence-electron chi connectivity index (χ2n) is 6.41. The lowest BCUT2D eigenvalue weighted by Crippen LogP contribution is -2.30. The Balaban J connectivity index is 1.73. The number of piperidine rings is 1. The van der Waals surface area contributed by atoms with Crippen molar-refractivity contribution in [2.75, 3.05) is 18.0 Å². The summed E-state index contributed by atoms with van der Waals surface area (Å²) < 4.78 is 13.6. The number of para-hydroxylation sites is 1. The molecular weight excluding hydrogens is 319 g/mol. The van der Waals surface area contributed by atoms with Crippen LogP contribution in [0.3, 0.4) is 0 Å². The summed E-state index contributed by atoms with van der Waals surface area (Å²) in [7, 11) is 0. The topological polar surface area (TPSA) is 19.0 Å². The Morgan fingerprint density at radius 3 is 2.71 bits per heavy atom. The van der Waals surface area contributed by atoms with Gasteiger partial charge in [0.2, 0.25) is 0 Å². The van der Waals surface area contributed by atoms with E-state index in [1.165, 1.54) is 41.5 Å². The predicted molar refractivity (Wildman–Crippen MR) is 99.6 cm³/mol. The number of aromatic amines is 1. The van der Waals surface area contributed by atoms with Gasteiger partial charge in [0.25, 0.3) is 0 Å². The van der Waals surface area contributed by atoms with Crippen molar-refractivity contribution in [2.24, 2.45) is 0 Å². The Kier molecular flexibility index (Phi) is 4.23. The number of nitrogens with one attached hydrogen (secondary N) is 1. The van der Waals surface area contributed by atoms with Crippen molar-refractivity contribution < 1.29 is 4.39 Å². The Morgan fingerprint density at radius 2 is 1.88 bits per heavy atom. The average molecular weight is 340 g/mol. The summed E-state index contributed by atoms with van der Waals surface area (Å²) in [5, 5.41) is 0.950. The number of H-pyrrole nitrogens is 1. The number of aryl methyl sites for hydroxylation is 1. The summed E-state index contributed by atoms with van der Waals surface area (Å²) in [4.78, 5) is 8.09. The maximum Gasteiger partial charge on any atom is 0.123 e. The fourth-order valence-electron chi connectivity index (χ4n) is 3.51. The van der Waals surface area contributed by atoms with Crippen LogP contribution in [0, 0.1) is 12.7 Å². The van der Waals surface area contributed by atoms with Gasteiger partial charge in [0.05, 0.1) is 5.69 Å². The molecule has 0 atom stereocenters. The van der Waals surface area contributed by atoms with Gasteiger partial charge in [-0.25, -0.2) is 4.39 Å². The minimum Gasteiger partial charge on any atom is -0.370 e. The van der Waals surface area contributed by atoms with Crippen LogP contribution in [0.2, 0.25) is 0 Å². The van der Waals surface area contributed by atoms with Gasteiger partial charge in [0.15, 0.2) is 0 Å². The molecule has 4 rings (SSSR count). The van der Waals surface area contributed by atoms with Crippen molar-refractivity contribution in [3.63, 3.8) is 0 Å². The number of benzene rings is 2. The summed E-state index contributed by atoms with van der Waals surface area (Å²) in [6.07, 6.45) is 5.83. The van der Waals surface area contributed by atoms with Crippen LogP contribution in [0.25, 0.3) is 10.9 Å². The lowest BCUT2D eigenvalue weighted by atomic mass is 10.1. The average Bonchev–Trinajstić information content (AvgIpc) is 2.98. The summed E-state index contributed by atoms with van der Waals surface area (Å²) >= 11 is 1.73. The molecule has 3 aromatic rings. The summed E-state index contributed by atoms with van der Waals surface area (Å²) in [5.41, 5.74) is 3.63. The molecule has 0 unspecified atom stereocenters. The zero-order chi connectivity index (χ0) is 16.5. The molecule has 2 nitrogen and oxygen atoms in total. The van der Waals surface area contributed by atoms with Crippen LogP contribution in [-0.4, -0.2) is 18.1 Å². The smallest absolute Gasteiger partial charge is 0.123 e. The van der Waals surface area contributed by atoms with Crippen molar-refractivity contribution in [2.45, 2.75) is 36.0 Å². The highest BCUT2D eigenvalue weighted by Gasteiger charge is 2.18. The van der Waals surface area contributed by atoms with Gasteiger partial charge in [-0.3, -0.25) is 0 Å². The quantitative estimate of drug-likeness (QED) is 0.654. The van der Waals surface area contributed by atoms with E-state index in [0.29, 0.717) is 0 Å². The second kappa shape index (κ2) is 6.52. The van der Waals surface area contributed by atoms with Gasteiger partial charge in [0, 0.05) is 40.0 Å². The molecule has 0 bridgehead atoms. The zero-order valence-electron chi connectivity index (χ0n) is 13.8. The molecule has 0 saturated carbocycles. The molecule has 1 fully saturated rings. The van der Waals surface area contributed by atoms with Crippen LogP contribution in [0.5, 0.6) is 0 Å². The van der Waals surface area contributed by atoms with Gasteiger partial charge < -0.3 is 9.88 Å². The second-order valence-corrected chi connectivity index (χ2v) is 7.50. The first-order chi connectivity index (χ1) is 11.7. The first-order valence-electron chi connectivity index (χ1n) is 8.51. The van der Waals surface area contributed by atoms with Gasteiger partial charge in [-0.15, -0.1) is 0 Å². The third kappa shape index (κ3) is 2.91. The minimum absolute atomic E-state index is 0.190. The number of rotatable bonds is 3. The van der Waals surface area contributed by atoms with Gasteiger partial charge >= 0.3 is 0 Å². The Bertz CT molecular complexity index is 865. The highest BCUT2D eigenvalue weighted by atomic mass is 32.2. The van der Waals surface area contributed by atoms with Crippen LogP contribution >= 0.6 is 11.8 Å². The van der Waals surface area contributed by atoms with E-state index in [0.717, 1.165) is 28.9 Å². The maximum atomic E-state index is 13.6. The van der Waals surface area contributed by atoms with E-state index < -0.39 is 0 Å². The molecular formula is C20H21FN2S. The highest BCUT2D eigenvalue weighted by Crippen LogP contribution is 2.41. The van der Waals surface area contributed by atoms with E-state index in [1.54, 1.807) is 23.9 Å². The molecule has 1 aliphatic rings. The summed E-state index contributed by atoms with van der Waals surface area (Å²) in [6, 6.07) is 11.4. The fraction of sp³-hybridized carbons (Fsp3) is 0.300. The molecule has 1 aromatic heterocycles. The number of aromatic nitrogens is 1. The Hall–Kier alpha value is -1.94. The number of fused-ring (bicyclic) bond motifs is 1. The molecule has 124 valence electrons. The molecule has 1 saturated heterocycles. The molecule has 1 N–H and O–H groups in total. The van der Waals surface area contributed by atoms with Crippen molar-refractivity contribution in [3.8, 4) is 0 Å². The SMILES string of the molecule is Cc1cccc(Sc2c[nH]c3ccc(F)cc23)c1N1CCCCC1. The molecule has 0 amide bonds. The first kappa shape index (κ1) is 15.6. The maximum absolute atomic E-state index is 13.6. The standard InChI is InChI=1S/C20H21FN2S/c1-14-6-5-7-18(20(14)23-10-3-2-4-11-23)24-19-13-22-17-9-8-15(21)12-16(17)19/h5-9,12-13,22H,2-4,10-11H2,1H3. The van der Waals surface area contributed by atoms with Crippen LogP contribution < -0.4 is 4.90 Å². The Morgan fingerprint density at radius 1 is 1.04 bits per heavy atom. The summed E-state index contributed by atoms with van der Waals surface area (Å²) in [5.74, 6) is -0.190. The molecule has 2 aromatic carbocycles. The van der Waals surface area contributed by atoms with Gasteiger partial charge in [-0.2, -0.15) is 0 Å². The zero-order valence-corrected chi connectivity index (χ0v) is 14.6. The van der Waals surface area contributed by atoms with Crippen LogP contribution in [0.15, 0.2) is 52.4 Å². The number of nitrogens with zero attached hydrogens (tertiary/aromatic N) is 1. The predicted octanol–water partition coefficient (Wildman–Crippen LogP) is 5.76. The van der Waals surface area contributed by atoms with E-state index >= 15 is 0 Å². The monoisotopic (exact) mass is 340 g/mol. The summed E-state index contributed by atoms with van der Waals surface area (Å²) in [6.45, 7) is 4.44. The molecule has 24 heavy (non-hydrogen) atoms. The molecule has 2 heterocycles. The number of halogens is 1. The Labute approximate surface area is 146 Å². The van der Waals surface area contributed by atoms with Crippen LogP contribution in [0.1, 0.15) is 24.8 Å².